The van der Waals surface area contributed by atoms with E-state index in [9.17, 15) is 4.79 Å². The van der Waals surface area contributed by atoms with Gasteiger partial charge in [-0.05, 0) is 44.0 Å². The van der Waals surface area contributed by atoms with Crippen molar-refractivity contribution in [3.63, 3.8) is 0 Å². The van der Waals surface area contributed by atoms with Gasteiger partial charge in [-0.3, -0.25) is 4.79 Å². The first-order valence-electron chi connectivity index (χ1n) is 9.04. The summed E-state index contributed by atoms with van der Waals surface area (Å²) in [7, 11) is 1.88. The van der Waals surface area contributed by atoms with Crippen LogP contribution in [0.5, 0.6) is 0 Å². The Bertz CT molecular complexity index is 764. The summed E-state index contributed by atoms with van der Waals surface area (Å²) in [4.78, 5) is 17.1. The van der Waals surface area contributed by atoms with Crippen LogP contribution < -0.4 is 10.2 Å². The second-order valence-corrected chi connectivity index (χ2v) is 7.15. The lowest BCUT2D eigenvalue weighted by molar-refractivity contribution is 0.0710. The third-order valence-corrected chi connectivity index (χ3v) is 5.53. The monoisotopic (exact) mass is 339 g/mol. The maximum Gasteiger partial charge on any atom is 0.289 e. The first kappa shape index (κ1) is 16.2. The molecule has 0 unspecified atom stereocenters. The molecular formula is C20H25N3O2. The summed E-state index contributed by atoms with van der Waals surface area (Å²) in [6.45, 7) is 4.76. The topological polar surface area (TPSA) is 48.7 Å². The van der Waals surface area contributed by atoms with E-state index in [2.05, 4.69) is 41.4 Å². The molecule has 0 aliphatic carbocycles. The Labute approximate surface area is 148 Å². The average Bonchev–Trinajstić information content (AvgIpc) is 3.35. The number of anilines is 1. The lowest BCUT2D eigenvalue weighted by atomic mass is 10.1. The third kappa shape index (κ3) is 2.93. The number of hydrogen-bond acceptors (Lipinski definition) is 4. The van der Waals surface area contributed by atoms with Crippen LogP contribution in [0.2, 0.25) is 0 Å². The quantitative estimate of drug-likeness (QED) is 0.930. The van der Waals surface area contributed by atoms with Crippen LogP contribution in [0.1, 0.15) is 35.0 Å². The Balaban J connectivity index is 1.55. The fourth-order valence-corrected chi connectivity index (χ4v) is 4.00. The van der Waals surface area contributed by atoms with E-state index in [-0.39, 0.29) is 11.9 Å². The Morgan fingerprint density at radius 1 is 1.36 bits per heavy atom. The van der Waals surface area contributed by atoms with Gasteiger partial charge in [-0.2, -0.15) is 0 Å². The number of furan rings is 1. The fourth-order valence-electron chi connectivity index (χ4n) is 4.00. The van der Waals surface area contributed by atoms with E-state index in [0.29, 0.717) is 18.3 Å². The number of benzene rings is 1. The zero-order valence-electron chi connectivity index (χ0n) is 14.9. The van der Waals surface area contributed by atoms with Gasteiger partial charge in [-0.25, -0.2) is 0 Å². The molecule has 2 aliphatic rings. The molecule has 0 bridgehead atoms. The van der Waals surface area contributed by atoms with E-state index in [1.165, 1.54) is 11.3 Å². The van der Waals surface area contributed by atoms with Gasteiger partial charge in [0.2, 0.25) is 0 Å². The maximum atomic E-state index is 12.9. The Morgan fingerprint density at radius 3 is 3.00 bits per heavy atom. The van der Waals surface area contributed by atoms with Crippen molar-refractivity contribution in [1.82, 2.24) is 10.2 Å². The molecule has 0 saturated carbocycles. The highest BCUT2D eigenvalue weighted by Gasteiger charge is 2.30. The molecule has 0 spiro atoms. The number of fused-ring (bicyclic) bond motifs is 1. The number of hydrogen-bond donors (Lipinski definition) is 1. The Hall–Kier alpha value is -2.27. The molecule has 132 valence electrons. The second kappa shape index (κ2) is 6.56. The molecule has 5 heteroatoms. The van der Waals surface area contributed by atoms with Crippen LogP contribution in [0.15, 0.2) is 41.0 Å². The Morgan fingerprint density at radius 2 is 2.20 bits per heavy atom. The van der Waals surface area contributed by atoms with Gasteiger partial charge in [0, 0.05) is 43.5 Å². The van der Waals surface area contributed by atoms with Crippen molar-refractivity contribution in [2.45, 2.75) is 38.4 Å². The normalized spacial score (nSPS) is 22.2. The van der Waals surface area contributed by atoms with E-state index >= 15 is 0 Å². The maximum absolute atomic E-state index is 12.9. The van der Waals surface area contributed by atoms with Crippen LogP contribution in [0.3, 0.4) is 0 Å². The smallest absolute Gasteiger partial charge is 0.289 e. The molecule has 0 radical (unpaired) electrons. The molecule has 1 fully saturated rings. The average molecular weight is 339 g/mol. The summed E-state index contributed by atoms with van der Waals surface area (Å²) in [6, 6.07) is 11.1. The third-order valence-electron chi connectivity index (χ3n) is 5.53. The van der Waals surface area contributed by atoms with Crippen molar-refractivity contribution < 1.29 is 9.21 Å². The van der Waals surface area contributed by atoms with Crippen molar-refractivity contribution in [2.75, 3.05) is 25.0 Å². The molecule has 1 amide bonds. The van der Waals surface area contributed by atoms with Crippen LogP contribution in [0.4, 0.5) is 5.69 Å². The fraction of sp³-hybridized carbons (Fsp3) is 0.450. The zero-order valence-corrected chi connectivity index (χ0v) is 14.9. The number of carbonyl (C=O) groups excluding carboxylic acids is 1. The lowest BCUT2D eigenvalue weighted by Crippen LogP contribution is -2.39. The predicted molar refractivity (Wildman–Crippen MR) is 97.9 cm³/mol. The summed E-state index contributed by atoms with van der Waals surface area (Å²) in [5.41, 5.74) is 3.61. The highest BCUT2D eigenvalue weighted by molar-refractivity contribution is 5.93. The first-order valence-corrected chi connectivity index (χ1v) is 9.04. The van der Waals surface area contributed by atoms with E-state index in [1.807, 2.05) is 18.0 Å². The van der Waals surface area contributed by atoms with Crippen LogP contribution >= 0.6 is 0 Å². The number of nitrogens with zero attached hydrogens (tertiary/aromatic N) is 2. The van der Waals surface area contributed by atoms with E-state index in [0.717, 1.165) is 31.5 Å². The minimum absolute atomic E-state index is 0.0196. The minimum Gasteiger partial charge on any atom is -0.459 e. The molecule has 1 saturated heterocycles. The summed E-state index contributed by atoms with van der Waals surface area (Å²) >= 11 is 0. The molecule has 25 heavy (non-hydrogen) atoms. The molecule has 4 rings (SSSR count). The van der Waals surface area contributed by atoms with Crippen molar-refractivity contribution >= 4 is 11.6 Å². The van der Waals surface area contributed by atoms with Crippen molar-refractivity contribution in [3.8, 4) is 0 Å². The molecule has 2 aliphatic heterocycles. The Kier molecular flexibility index (Phi) is 4.25. The van der Waals surface area contributed by atoms with E-state index in [1.54, 1.807) is 6.26 Å². The molecule has 5 nitrogen and oxygen atoms in total. The van der Waals surface area contributed by atoms with Gasteiger partial charge < -0.3 is 19.5 Å². The molecule has 2 atom stereocenters. The molecule has 1 aromatic heterocycles. The van der Waals surface area contributed by atoms with Crippen molar-refractivity contribution in [1.29, 1.82) is 0 Å². The summed E-state index contributed by atoms with van der Waals surface area (Å²) in [5.74, 6) is 0.458. The van der Waals surface area contributed by atoms with Gasteiger partial charge in [0.15, 0.2) is 5.76 Å². The highest BCUT2D eigenvalue weighted by atomic mass is 16.3. The molecule has 3 heterocycles. The standard InChI is InChI=1S/C20H25N3O2/c1-14-11-15-5-3-4-6-18(15)23(14)13-16-8-10-25-19(16)20(24)22(2)17-7-9-21-12-17/h3-6,8,10,14,17,21H,7,9,11-13H2,1-2H3/t14-,17+/m1/s1. The van der Waals surface area contributed by atoms with Gasteiger partial charge in [0.25, 0.3) is 5.91 Å². The number of carbonyl (C=O) groups is 1. The number of nitrogens with one attached hydrogen (secondary N) is 1. The number of para-hydroxylation sites is 1. The molecule has 1 N–H and O–H groups in total. The summed E-state index contributed by atoms with van der Waals surface area (Å²) < 4.78 is 5.60. The van der Waals surface area contributed by atoms with Gasteiger partial charge in [-0.15, -0.1) is 0 Å². The molecular weight excluding hydrogens is 314 g/mol. The lowest BCUT2D eigenvalue weighted by Gasteiger charge is -2.26. The molecule has 1 aromatic carbocycles. The van der Waals surface area contributed by atoms with E-state index in [4.69, 9.17) is 4.42 Å². The number of likely N-dealkylation sites (N-methyl/N-ethyl adjacent to an activating group) is 1. The first-order chi connectivity index (χ1) is 12.1. The zero-order chi connectivity index (χ0) is 17.4. The highest BCUT2D eigenvalue weighted by Crippen LogP contribution is 2.33. The van der Waals surface area contributed by atoms with Crippen LogP contribution in [-0.4, -0.2) is 43.0 Å². The van der Waals surface area contributed by atoms with Crippen molar-refractivity contribution in [3.05, 3.63) is 53.5 Å². The van der Waals surface area contributed by atoms with Gasteiger partial charge >= 0.3 is 0 Å². The van der Waals surface area contributed by atoms with Gasteiger partial charge in [0.05, 0.1) is 6.26 Å². The number of amides is 1. The number of rotatable bonds is 4. The predicted octanol–water partition coefficient (Wildman–Crippen LogP) is 2.66. The largest absolute Gasteiger partial charge is 0.459 e. The van der Waals surface area contributed by atoms with Crippen LogP contribution in [-0.2, 0) is 13.0 Å². The van der Waals surface area contributed by atoms with Gasteiger partial charge in [-0.1, -0.05) is 18.2 Å². The SMILES string of the molecule is C[C@@H]1Cc2ccccc2N1Cc1ccoc1C(=O)N(C)[C@H]1CCNC1. The van der Waals surface area contributed by atoms with Gasteiger partial charge in [0.1, 0.15) is 0 Å². The minimum atomic E-state index is -0.0196. The van der Waals surface area contributed by atoms with Crippen LogP contribution in [0.25, 0.3) is 0 Å². The van der Waals surface area contributed by atoms with E-state index < -0.39 is 0 Å². The van der Waals surface area contributed by atoms with Crippen molar-refractivity contribution in [2.24, 2.45) is 0 Å². The summed E-state index contributed by atoms with van der Waals surface area (Å²) in [6.07, 6.45) is 3.68. The second-order valence-electron chi connectivity index (χ2n) is 7.15. The van der Waals surface area contributed by atoms with Crippen LogP contribution in [0, 0.1) is 0 Å². The molecule has 2 aromatic rings. The summed E-state index contributed by atoms with van der Waals surface area (Å²) in [5, 5.41) is 3.31.